The minimum absolute atomic E-state index is 0.310. The standard InChI is InChI=1S/C11H16O/c1-9(2)12-8-11-7-5-4-6-10(11)3/h4-7,9H,8H2,1-3H3. The van der Waals surface area contributed by atoms with E-state index in [-0.39, 0.29) is 0 Å². The fourth-order valence-corrected chi connectivity index (χ4v) is 1.03. The second kappa shape index (κ2) is 4.27. The minimum Gasteiger partial charge on any atom is -0.374 e. The first kappa shape index (κ1) is 9.27. The smallest absolute Gasteiger partial charge is 0.0722 e. The SMILES string of the molecule is Cc1ccccc1COC(C)C. The van der Waals surface area contributed by atoms with E-state index in [0.717, 1.165) is 6.61 Å². The first-order chi connectivity index (χ1) is 5.70. The zero-order valence-corrected chi connectivity index (χ0v) is 8.00. The molecule has 0 saturated carbocycles. The maximum absolute atomic E-state index is 5.51. The molecular weight excluding hydrogens is 148 g/mol. The molecule has 1 heteroatoms. The van der Waals surface area contributed by atoms with Crippen molar-refractivity contribution in [3.8, 4) is 0 Å². The minimum atomic E-state index is 0.310. The van der Waals surface area contributed by atoms with Crippen LogP contribution in [0.3, 0.4) is 0 Å². The topological polar surface area (TPSA) is 9.23 Å². The van der Waals surface area contributed by atoms with E-state index < -0.39 is 0 Å². The van der Waals surface area contributed by atoms with Crippen LogP contribution in [0.2, 0.25) is 0 Å². The third-order valence-electron chi connectivity index (χ3n) is 1.83. The Morgan fingerprint density at radius 3 is 2.50 bits per heavy atom. The van der Waals surface area contributed by atoms with Crippen molar-refractivity contribution in [3.63, 3.8) is 0 Å². The van der Waals surface area contributed by atoms with Gasteiger partial charge in [-0.1, -0.05) is 24.3 Å². The maximum atomic E-state index is 5.51. The van der Waals surface area contributed by atoms with Gasteiger partial charge >= 0.3 is 0 Å². The van der Waals surface area contributed by atoms with Gasteiger partial charge in [-0.05, 0) is 31.9 Å². The molecule has 1 rings (SSSR count). The van der Waals surface area contributed by atoms with E-state index in [1.165, 1.54) is 11.1 Å². The van der Waals surface area contributed by atoms with Gasteiger partial charge in [0.1, 0.15) is 0 Å². The van der Waals surface area contributed by atoms with E-state index in [9.17, 15) is 0 Å². The molecule has 0 N–H and O–H groups in total. The van der Waals surface area contributed by atoms with Gasteiger partial charge in [0.05, 0.1) is 12.7 Å². The largest absolute Gasteiger partial charge is 0.374 e. The van der Waals surface area contributed by atoms with Gasteiger partial charge in [-0.25, -0.2) is 0 Å². The van der Waals surface area contributed by atoms with Crippen molar-refractivity contribution in [2.24, 2.45) is 0 Å². The number of benzene rings is 1. The number of rotatable bonds is 3. The molecule has 0 bridgehead atoms. The number of hydrogen-bond acceptors (Lipinski definition) is 1. The van der Waals surface area contributed by atoms with Crippen LogP contribution in [0.4, 0.5) is 0 Å². The molecule has 0 radical (unpaired) electrons. The molecule has 12 heavy (non-hydrogen) atoms. The second-order valence-corrected chi connectivity index (χ2v) is 3.29. The molecule has 0 heterocycles. The van der Waals surface area contributed by atoms with E-state index in [0.29, 0.717) is 6.10 Å². The first-order valence-corrected chi connectivity index (χ1v) is 4.36. The van der Waals surface area contributed by atoms with Crippen LogP contribution in [0.1, 0.15) is 25.0 Å². The Morgan fingerprint density at radius 1 is 1.25 bits per heavy atom. The summed E-state index contributed by atoms with van der Waals surface area (Å²) in [6.07, 6.45) is 0.310. The highest BCUT2D eigenvalue weighted by molar-refractivity contribution is 5.24. The summed E-state index contributed by atoms with van der Waals surface area (Å²) in [4.78, 5) is 0. The Balaban J connectivity index is 2.57. The van der Waals surface area contributed by atoms with Crippen LogP contribution in [0, 0.1) is 6.92 Å². The van der Waals surface area contributed by atoms with E-state index in [2.05, 4.69) is 32.9 Å². The molecule has 0 spiro atoms. The van der Waals surface area contributed by atoms with Crippen LogP contribution in [0.5, 0.6) is 0 Å². The molecule has 0 saturated heterocycles. The van der Waals surface area contributed by atoms with Gasteiger partial charge in [0, 0.05) is 0 Å². The Bertz CT molecular complexity index is 241. The molecule has 0 aliphatic rings. The molecule has 1 nitrogen and oxygen atoms in total. The Kier molecular flexibility index (Phi) is 3.30. The lowest BCUT2D eigenvalue weighted by atomic mass is 10.1. The van der Waals surface area contributed by atoms with E-state index in [4.69, 9.17) is 4.74 Å². The molecule has 0 aliphatic carbocycles. The van der Waals surface area contributed by atoms with Crippen LogP contribution < -0.4 is 0 Å². The lowest BCUT2D eigenvalue weighted by molar-refractivity contribution is 0.0654. The van der Waals surface area contributed by atoms with E-state index in [1.807, 2.05) is 12.1 Å². The summed E-state index contributed by atoms with van der Waals surface area (Å²) < 4.78 is 5.51. The number of ether oxygens (including phenoxy) is 1. The highest BCUT2D eigenvalue weighted by Gasteiger charge is 1.98. The van der Waals surface area contributed by atoms with Crippen molar-refractivity contribution in [1.29, 1.82) is 0 Å². The van der Waals surface area contributed by atoms with Crippen LogP contribution in [-0.4, -0.2) is 6.10 Å². The van der Waals surface area contributed by atoms with Crippen molar-refractivity contribution in [2.45, 2.75) is 33.5 Å². The van der Waals surface area contributed by atoms with Gasteiger partial charge in [-0.15, -0.1) is 0 Å². The second-order valence-electron chi connectivity index (χ2n) is 3.29. The van der Waals surface area contributed by atoms with Crippen LogP contribution >= 0.6 is 0 Å². The molecule has 66 valence electrons. The quantitative estimate of drug-likeness (QED) is 0.667. The lowest BCUT2D eigenvalue weighted by Crippen LogP contribution is -2.03. The Morgan fingerprint density at radius 2 is 1.92 bits per heavy atom. The van der Waals surface area contributed by atoms with Gasteiger partial charge in [-0.2, -0.15) is 0 Å². The fourth-order valence-electron chi connectivity index (χ4n) is 1.03. The summed E-state index contributed by atoms with van der Waals surface area (Å²) in [6.45, 7) is 6.94. The molecular formula is C11H16O. The van der Waals surface area contributed by atoms with Crippen molar-refractivity contribution in [2.75, 3.05) is 0 Å². The molecule has 0 fully saturated rings. The van der Waals surface area contributed by atoms with Crippen molar-refractivity contribution in [1.82, 2.24) is 0 Å². The summed E-state index contributed by atoms with van der Waals surface area (Å²) >= 11 is 0. The molecule has 0 aromatic heterocycles. The third kappa shape index (κ3) is 2.67. The Hall–Kier alpha value is -0.820. The fraction of sp³-hybridized carbons (Fsp3) is 0.455. The molecule has 0 amide bonds. The molecule has 0 atom stereocenters. The third-order valence-corrected chi connectivity index (χ3v) is 1.83. The predicted octanol–water partition coefficient (Wildman–Crippen LogP) is 2.92. The van der Waals surface area contributed by atoms with Gasteiger partial charge in [0.2, 0.25) is 0 Å². The highest BCUT2D eigenvalue weighted by Crippen LogP contribution is 2.08. The van der Waals surface area contributed by atoms with Crippen LogP contribution in [0.15, 0.2) is 24.3 Å². The maximum Gasteiger partial charge on any atom is 0.0722 e. The van der Waals surface area contributed by atoms with Gasteiger partial charge in [0.25, 0.3) is 0 Å². The van der Waals surface area contributed by atoms with E-state index >= 15 is 0 Å². The summed E-state index contributed by atoms with van der Waals surface area (Å²) in [5.74, 6) is 0. The average molecular weight is 164 g/mol. The predicted molar refractivity (Wildman–Crippen MR) is 51.1 cm³/mol. The number of hydrogen-bond donors (Lipinski definition) is 0. The summed E-state index contributed by atoms with van der Waals surface area (Å²) in [5.41, 5.74) is 2.59. The summed E-state index contributed by atoms with van der Waals surface area (Å²) in [6, 6.07) is 8.32. The van der Waals surface area contributed by atoms with Gasteiger partial charge in [0.15, 0.2) is 0 Å². The molecule has 1 aromatic rings. The molecule has 0 aliphatic heterocycles. The zero-order chi connectivity index (χ0) is 8.97. The summed E-state index contributed by atoms with van der Waals surface area (Å²) in [7, 11) is 0. The van der Waals surface area contributed by atoms with Crippen molar-refractivity contribution in [3.05, 3.63) is 35.4 Å². The first-order valence-electron chi connectivity index (χ1n) is 4.36. The highest BCUT2D eigenvalue weighted by atomic mass is 16.5. The Labute approximate surface area is 74.4 Å². The van der Waals surface area contributed by atoms with Gasteiger partial charge < -0.3 is 4.74 Å². The van der Waals surface area contributed by atoms with Crippen LogP contribution in [0.25, 0.3) is 0 Å². The van der Waals surface area contributed by atoms with Crippen LogP contribution in [-0.2, 0) is 11.3 Å². The van der Waals surface area contributed by atoms with Gasteiger partial charge in [-0.3, -0.25) is 0 Å². The van der Waals surface area contributed by atoms with Crippen molar-refractivity contribution < 1.29 is 4.74 Å². The molecule has 1 aromatic carbocycles. The lowest BCUT2D eigenvalue weighted by Gasteiger charge is -2.09. The normalized spacial score (nSPS) is 10.7. The van der Waals surface area contributed by atoms with E-state index in [1.54, 1.807) is 0 Å². The zero-order valence-electron chi connectivity index (χ0n) is 8.00. The summed E-state index contributed by atoms with van der Waals surface area (Å²) in [5, 5.41) is 0. The average Bonchev–Trinajstić information content (AvgIpc) is 2.03. The molecule has 0 unspecified atom stereocenters. The van der Waals surface area contributed by atoms with Crippen molar-refractivity contribution >= 4 is 0 Å². The monoisotopic (exact) mass is 164 g/mol. The number of aryl methyl sites for hydroxylation is 1.